The molecule has 1 aliphatic carbocycles. The first-order valence-electron chi connectivity index (χ1n) is 6.02. The van der Waals surface area contributed by atoms with Crippen LogP contribution in [0.15, 0.2) is 36.5 Å². The van der Waals surface area contributed by atoms with E-state index in [0.29, 0.717) is 5.92 Å². The molecule has 1 saturated carbocycles. The van der Waals surface area contributed by atoms with E-state index in [9.17, 15) is 5.11 Å². The van der Waals surface area contributed by atoms with E-state index in [1.165, 1.54) is 18.4 Å². The maximum absolute atomic E-state index is 10.5. The number of aryl methyl sites for hydroxylation is 1. The molecule has 2 aromatic rings. The van der Waals surface area contributed by atoms with Crippen molar-refractivity contribution in [2.45, 2.75) is 24.9 Å². The Bertz CT molecular complexity index is 529. The van der Waals surface area contributed by atoms with Gasteiger partial charge in [-0.1, -0.05) is 24.3 Å². The highest BCUT2D eigenvalue weighted by molar-refractivity contribution is 5.38. The van der Waals surface area contributed by atoms with E-state index in [0.717, 1.165) is 11.3 Å². The molecule has 1 aromatic heterocycles. The number of hydrogen-bond acceptors (Lipinski definition) is 2. The number of aromatic nitrogens is 2. The average Bonchev–Trinajstić information content (AvgIpc) is 3.11. The molecular weight excluding hydrogens is 212 g/mol. The topological polar surface area (TPSA) is 38.0 Å². The summed E-state index contributed by atoms with van der Waals surface area (Å²) in [6.07, 6.45) is 3.64. The van der Waals surface area contributed by atoms with Gasteiger partial charge >= 0.3 is 0 Å². The maximum atomic E-state index is 10.5. The van der Waals surface area contributed by atoms with Gasteiger partial charge in [0.15, 0.2) is 0 Å². The maximum Gasteiger partial charge on any atom is 0.121 e. The zero-order valence-electron chi connectivity index (χ0n) is 9.87. The van der Waals surface area contributed by atoms with Crippen molar-refractivity contribution < 1.29 is 5.11 Å². The van der Waals surface area contributed by atoms with Crippen LogP contribution in [0.5, 0.6) is 0 Å². The van der Waals surface area contributed by atoms with Gasteiger partial charge in [0.1, 0.15) is 6.10 Å². The smallest absolute Gasteiger partial charge is 0.121 e. The largest absolute Gasteiger partial charge is 0.382 e. The molecule has 1 unspecified atom stereocenters. The fourth-order valence-electron chi connectivity index (χ4n) is 2.34. The molecule has 1 heterocycles. The number of aliphatic hydroxyl groups is 1. The van der Waals surface area contributed by atoms with E-state index < -0.39 is 6.10 Å². The Morgan fingerprint density at radius 3 is 2.71 bits per heavy atom. The number of hydrogen-bond donors (Lipinski definition) is 1. The van der Waals surface area contributed by atoms with Gasteiger partial charge in [0, 0.05) is 13.2 Å². The van der Waals surface area contributed by atoms with E-state index >= 15 is 0 Å². The van der Waals surface area contributed by atoms with Gasteiger partial charge in [0.25, 0.3) is 0 Å². The van der Waals surface area contributed by atoms with Crippen LogP contribution < -0.4 is 0 Å². The predicted octanol–water partition coefficient (Wildman–Crippen LogP) is 2.38. The number of aliphatic hydroxyl groups excluding tert-OH is 1. The summed E-state index contributed by atoms with van der Waals surface area (Å²) in [6, 6.07) is 10.1. The molecule has 1 fully saturated rings. The molecule has 1 aliphatic rings. The number of nitrogens with zero attached hydrogens (tertiary/aromatic N) is 2. The molecule has 0 radical (unpaired) electrons. The molecule has 0 bridgehead atoms. The standard InChI is InChI=1S/C14H16N2O/c1-16-13(8-9-15-16)14(17)12-5-3-2-4-11(12)10-6-7-10/h2-5,8-10,14,17H,6-7H2,1H3. The molecule has 3 nitrogen and oxygen atoms in total. The molecule has 1 N–H and O–H groups in total. The van der Waals surface area contributed by atoms with Crippen molar-refractivity contribution in [2.75, 3.05) is 0 Å². The Labute approximate surface area is 101 Å². The van der Waals surface area contributed by atoms with Crippen LogP contribution in [0.4, 0.5) is 0 Å². The van der Waals surface area contributed by atoms with Crippen molar-refractivity contribution >= 4 is 0 Å². The minimum atomic E-state index is -0.570. The third-order valence-corrected chi connectivity index (χ3v) is 3.45. The van der Waals surface area contributed by atoms with Crippen LogP contribution in [0.2, 0.25) is 0 Å². The summed E-state index contributed by atoms with van der Waals surface area (Å²) >= 11 is 0. The Morgan fingerprint density at radius 1 is 1.29 bits per heavy atom. The van der Waals surface area contributed by atoms with Crippen molar-refractivity contribution in [3.05, 3.63) is 53.3 Å². The fraction of sp³-hybridized carbons (Fsp3) is 0.357. The Balaban J connectivity index is 2.01. The second kappa shape index (κ2) is 4.00. The molecule has 88 valence electrons. The van der Waals surface area contributed by atoms with Gasteiger partial charge in [-0.15, -0.1) is 0 Å². The fourth-order valence-corrected chi connectivity index (χ4v) is 2.34. The van der Waals surface area contributed by atoms with E-state index in [2.05, 4.69) is 11.2 Å². The summed E-state index contributed by atoms with van der Waals surface area (Å²) in [5, 5.41) is 14.6. The van der Waals surface area contributed by atoms with Crippen molar-refractivity contribution in [2.24, 2.45) is 7.05 Å². The summed E-state index contributed by atoms with van der Waals surface area (Å²) < 4.78 is 1.73. The molecule has 3 rings (SSSR count). The predicted molar refractivity (Wildman–Crippen MR) is 65.7 cm³/mol. The second-order valence-corrected chi connectivity index (χ2v) is 4.69. The van der Waals surface area contributed by atoms with Crippen LogP contribution in [0, 0.1) is 0 Å². The molecule has 1 atom stereocenters. The monoisotopic (exact) mass is 228 g/mol. The third kappa shape index (κ3) is 1.87. The molecule has 0 aliphatic heterocycles. The van der Waals surface area contributed by atoms with Crippen LogP contribution in [-0.4, -0.2) is 14.9 Å². The molecule has 0 spiro atoms. The lowest BCUT2D eigenvalue weighted by Crippen LogP contribution is -2.08. The molecule has 0 saturated heterocycles. The van der Waals surface area contributed by atoms with Crippen molar-refractivity contribution in [1.82, 2.24) is 9.78 Å². The third-order valence-electron chi connectivity index (χ3n) is 3.45. The summed E-state index contributed by atoms with van der Waals surface area (Å²) in [4.78, 5) is 0. The van der Waals surface area contributed by atoms with Crippen molar-refractivity contribution in [3.63, 3.8) is 0 Å². The minimum absolute atomic E-state index is 0.570. The first-order valence-corrected chi connectivity index (χ1v) is 6.02. The lowest BCUT2D eigenvalue weighted by atomic mass is 9.97. The first-order chi connectivity index (χ1) is 8.27. The second-order valence-electron chi connectivity index (χ2n) is 4.69. The lowest BCUT2D eigenvalue weighted by Gasteiger charge is -2.15. The van der Waals surface area contributed by atoms with Gasteiger partial charge in [-0.3, -0.25) is 4.68 Å². The lowest BCUT2D eigenvalue weighted by molar-refractivity contribution is 0.208. The molecule has 17 heavy (non-hydrogen) atoms. The molecule has 1 aromatic carbocycles. The Kier molecular flexibility index (Phi) is 2.48. The molecular formula is C14H16N2O. The minimum Gasteiger partial charge on any atom is -0.382 e. The van der Waals surface area contributed by atoms with Gasteiger partial charge in [-0.2, -0.15) is 5.10 Å². The molecule has 0 amide bonds. The normalized spacial score (nSPS) is 17.1. The Hall–Kier alpha value is -1.61. The van der Waals surface area contributed by atoms with Crippen LogP contribution in [-0.2, 0) is 7.05 Å². The van der Waals surface area contributed by atoms with Gasteiger partial charge in [-0.25, -0.2) is 0 Å². The summed E-state index contributed by atoms with van der Waals surface area (Å²) in [7, 11) is 1.86. The first kappa shape index (κ1) is 10.5. The Morgan fingerprint density at radius 2 is 2.06 bits per heavy atom. The average molecular weight is 228 g/mol. The van der Waals surface area contributed by atoms with E-state index in [1.807, 2.05) is 31.3 Å². The van der Waals surface area contributed by atoms with E-state index in [-0.39, 0.29) is 0 Å². The summed E-state index contributed by atoms with van der Waals surface area (Å²) in [5.41, 5.74) is 3.16. The zero-order valence-corrected chi connectivity index (χ0v) is 9.87. The van der Waals surface area contributed by atoms with Gasteiger partial charge < -0.3 is 5.11 Å². The van der Waals surface area contributed by atoms with Crippen LogP contribution >= 0.6 is 0 Å². The van der Waals surface area contributed by atoms with Crippen LogP contribution in [0.3, 0.4) is 0 Å². The summed E-state index contributed by atoms with van der Waals surface area (Å²) in [5.74, 6) is 0.647. The quantitative estimate of drug-likeness (QED) is 0.875. The van der Waals surface area contributed by atoms with Gasteiger partial charge in [0.2, 0.25) is 0 Å². The highest BCUT2D eigenvalue weighted by atomic mass is 16.3. The highest BCUT2D eigenvalue weighted by Crippen LogP contribution is 2.43. The van der Waals surface area contributed by atoms with Crippen LogP contribution in [0.25, 0.3) is 0 Å². The summed E-state index contributed by atoms with van der Waals surface area (Å²) in [6.45, 7) is 0. The van der Waals surface area contributed by atoms with E-state index in [4.69, 9.17) is 0 Å². The zero-order chi connectivity index (χ0) is 11.8. The molecule has 3 heteroatoms. The van der Waals surface area contributed by atoms with Gasteiger partial charge in [0.05, 0.1) is 5.69 Å². The van der Waals surface area contributed by atoms with Crippen LogP contribution in [0.1, 0.15) is 41.7 Å². The number of benzene rings is 1. The van der Waals surface area contributed by atoms with Crippen molar-refractivity contribution in [3.8, 4) is 0 Å². The highest BCUT2D eigenvalue weighted by Gasteiger charge is 2.28. The SMILES string of the molecule is Cn1nccc1C(O)c1ccccc1C1CC1. The van der Waals surface area contributed by atoms with E-state index in [1.54, 1.807) is 10.9 Å². The van der Waals surface area contributed by atoms with Crippen molar-refractivity contribution in [1.29, 1.82) is 0 Å². The van der Waals surface area contributed by atoms with Gasteiger partial charge in [-0.05, 0) is 36.0 Å². The number of rotatable bonds is 3.